The molecule has 0 radical (unpaired) electrons. The van der Waals surface area contributed by atoms with Gasteiger partial charge >= 0.3 is 0 Å². The molecule has 3 heteroatoms. The van der Waals surface area contributed by atoms with Crippen molar-refractivity contribution in [1.82, 2.24) is 14.6 Å². The molecule has 3 nitrogen and oxygen atoms in total. The fourth-order valence-electron chi connectivity index (χ4n) is 0.764. The predicted molar refractivity (Wildman–Crippen MR) is 44.2 cm³/mol. The van der Waals surface area contributed by atoms with Crippen molar-refractivity contribution in [2.45, 2.75) is 0 Å². The van der Waals surface area contributed by atoms with Gasteiger partial charge in [0.2, 0.25) is 0 Å². The van der Waals surface area contributed by atoms with Crippen LogP contribution in [0.2, 0.25) is 0 Å². The molecule has 0 aromatic carbocycles. The Morgan fingerprint density at radius 1 is 1.27 bits per heavy atom. The smallest absolute Gasteiger partial charge is 0.154 e. The van der Waals surface area contributed by atoms with E-state index in [1.807, 2.05) is 18.3 Å². The van der Waals surface area contributed by atoms with Crippen LogP contribution in [0.1, 0.15) is 0 Å². The van der Waals surface area contributed by atoms with E-state index in [1.54, 1.807) is 16.9 Å². The van der Waals surface area contributed by atoms with Crippen LogP contribution in [0.15, 0.2) is 43.9 Å². The average Bonchev–Trinajstić information content (AvgIpc) is 2.55. The fourth-order valence-corrected chi connectivity index (χ4v) is 0.764. The summed E-state index contributed by atoms with van der Waals surface area (Å²) in [4.78, 5) is 4.04. The Balaban J connectivity index is 0.000000281. The van der Waals surface area contributed by atoms with Crippen LogP contribution in [0.4, 0.5) is 0 Å². The number of rotatable bonds is 0. The quantitative estimate of drug-likeness (QED) is 0.529. The zero-order valence-electron chi connectivity index (χ0n) is 6.14. The molecule has 0 atom stereocenters. The van der Waals surface area contributed by atoms with Crippen molar-refractivity contribution in [3.8, 4) is 0 Å². The van der Waals surface area contributed by atoms with Crippen LogP contribution in [0.3, 0.4) is 0 Å². The number of nitrogens with zero attached hydrogens (tertiary/aromatic N) is 3. The van der Waals surface area contributed by atoms with E-state index in [0.717, 1.165) is 5.65 Å². The molecule has 2 rings (SSSR count). The predicted octanol–water partition coefficient (Wildman–Crippen LogP) is 1.53. The van der Waals surface area contributed by atoms with Gasteiger partial charge in [0.05, 0.1) is 6.20 Å². The highest BCUT2D eigenvalue weighted by Crippen LogP contribution is 1.93. The molecule has 0 amide bonds. The van der Waals surface area contributed by atoms with Crippen LogP contribution in [-0.2, 0) is 0 Å². The lowest BCUT2D eigenvalue weighted by molar-refractivity contribution is 0.939. The van der Waals surface area contributed by atoms with Gasteiger partial charge in [-0.15, -0.1) is 13.2 Å². The number of aromatic nitrogens is 3. The molecule has 0 aliphatic rings. The molecule has 0 unspecified atom stereocenters. The Hall–Kier alpha value is -1.64. The second-order valence-electron chi connectivity index (χ2n) is 1.75. The van der Waals surface area contributed by atoms with Crippen molar-refractivity contribution in [1.29, 1.82) is 0 Å². The molecule has 0 saturated heterocycles. The first kappa shape index (κ1) is 7.47. The van der Waals surface area contributed by atoms with E-state index in [9.17, 15) is 0 Å². The SMILES string of the molecule is C=C.c1cnc2ccnn2c1. The van der Waals surface area contributed by atoms with Crippen molar-refractivity contribution >= 4 is 5.65 Å². The Morgan fingerprint density at radius 2 is 2.09 bits per heavy atom. The zero-order valence-corrected chi connectivity index (χ0v) is 6.14. The van der Waals surface area contributed by atoms with Gasteiger partial charge in [0.15, 0.2) is 5.65 Å². The fraction of sp³-hybridized carbons (Fsp3) is 0. The molecule has 2 aromatic rings. The van der Waals surface area contributed by atoms with Crippen LogP contribution in [0.25, 0.3) is 5.65 Å². The monoisotopic (exact) mass is 147 g/mol. The van der Waals surface area contributed by atoms with Crippen LogP contribution >= 0.6 is 0 Å². The molecule has 0 fully saturated rings. The van der Waals surface area contributed by atoms with Crippen molar-refractivity contribution < 1.29 is 0 Å². The zero-order chi connectivity index (χ0) is 8.10. The summed E-state index contributed by atoms with van der Waals surface area (Å²) >= 11 is 0. The largest absolute Gasteiger partial charge is 0.237 e. The summed E-state index contributed by atoms with van der Waals surface area (Å²) in [6.07, 6.45) is 5.34. The van der Waals surface area contributed by atoms with Gasteiger partial charge in [-0.2, -0.15) is 5.10 Å². The van der Waals surface area contributed by atoms with Crippen molar-refractivity contribution in [3.05, 3.63) is 43.9 Å². The second-order valence-corrected chi connectivity index (χ2v) is 1.75. The van der Waals surface area contributed by atoms with Gasteiger partial charge in [0, 0.05) is 18.5 Å². The molecule has 0 spiro atoms. The topological polar surface area (TPSA) is 30.2 Å². The van der Waals surface area contributed by atoms with E-state index < -0.39 is 0 Å². The Kier molecular flexibility index (Phi) is 2.38. The van der Waals surface area contributed by atoms with Crippen molar-refractivity contribution in [2.75, 3.05) is 0 Å². The molecule has 0 saturated carbocycles. The lowest BCUT2D eigenvalue weighted by atomic mass is 10.6. The molecule has 0 N–H and O–H groups in total. The normalized spacial score (nSPS) is 8.73. The highest BCUT2D eigenvalue weighted by atomic mass is 15.2. The minimum atomic E-state index is 0.887. The van der Waals surface area contributed by atoms with E-state index >= 15 is 0 Å². The molecule has 0 bridgehead atoms. The Labute approximate surface area is 65.0 Å². The van der Waals surface area contributed by atoms with Crippen LogP contribution in [0, 0.1) is 0 Å². The molecule has 0 aliphatic carbocycles. The minimum absolute atomic E-state index is 0.887. The third-order valence-corrected chi connectivity index (χ3v) is 1.17. The Morgan fingerprint density at radius 3 is 2.82 bits per heavy atom. The third kappa shape index (κ3) is 1.43. The van der Waals surface area contributed by atoms with E-state index in [2.05, 4.69) is 23.2 Å². The third-order valence-electron chi connectivity index (χ3n) is 1.17. The van der Waals surface area contributed by atoms with Crippen LogP contribution < -0.4 is 0 Å². The van der Waals surface area contributed by atoms with E-state index in [0.29, 0.717) is 0 Å². The number of hydrogen-bond donors (Lipinski definition) is 0. The second kappa shape index (κ2) is 3.51. The Bertz CT molecular complexity index is 296. The van der Waals surface area contributed by atoms with Gasteiger partial charge in [0.25, 0.3) is 0 Å². The summed E-state index contributed by atoms with van der Waals surface area (Å²) in [5.74, 6) is 0. The first-order valence-electron chi connectivity index (χ1n) is 3.21. The van der Waals surface area contributed by atoms with E-state index in [4.69, 9.17) is 0 Å². The van der Waals surface area contributed by atoms with Gasteiger partial charge in [0.1, 0.15) is 0 Å². The van der Waals surface area contributed by atoms with Crippen molar-refractivity contribution in [3.63, 3.8) is 0 Å². The lowest BCUT2D eigenvalue weighted by Gasteiger charge is -1.85. The average molecular weight is 147 g/mol. The lowest BCUT2D eigenvalue weighted by Crippen LogP contribution is -1.85. The first-order valence-corrected chi connectivity index (χ1v) is 3.21. The standard InChI is InChI=1S/C6H5N3.C2H4/c1-3-7-6-2-4-8-9(6)5-1;1-2/h1-5H;1-2H2. The maximum Gasteiger partial charge on any atom is 0.154 e. The summed E-state index contributed by atoms with van der Waals surface area (Å²) in [6, 6.07) is 3.71. The molecule has 2 heterocycles. The molecular formula is C8H9N3. The van der Waals surface area contributed by atoms with Gasteiger partial charge in [-0.05, 0) is 6.07 Å². The van der Waals surface area contributed by atoms with E-state index in [-0.39, 0.29) is 0 Å². The summed E-state index contributed by atoms with van der Waals surface area (Å²) < 4.78 is 1.72. The van der Waals surface area contributed by atoms with E-state index in [1.165, 1.54) is 0 Å². The highest BCUT2D eigenvalue weighted by molar-refractivity contribution is 5.33. The summed E-state index contributed by atoms with van der Waals surface area (Å²) in [6.45, 7) is 6.00. The van der Waals surface area contributed by atoms with Gasteiger partial charge < -0.3 is 0 Å². The van der Waals surface area contributed by atoms with Gasteiger partial charge in [-0.3, -0.25) is 0 Å². The van der Waals surface area contributed by atoms with Crippen molar-refractivity contribution in [2.24, 2.45) is 0 Å². The maximum absolute atomic E-state index is 4.04. The molecule has 56 valence electrons. The van der Waals surface area contributed by atoms with Crippen LogP contribution in [-0.4, -0.2) is 14.6 Å². The highest BCUT2D eigenvalue weighted by Gasteiger charge is 1.86. The maximum atomic E-state index is 4.04. The molecule has 2 aromatic heterocycles. The van der Waals surface area contributed by atoms with Crippen LogP contribution in [0.5, 0.6) is 0 Å². The molecular weight excluding hydrogens is 138 g/mol. The number of hydrogen-bond acceptors (Lipinski definition) is 2. The minimum Gasteiger partial charge on any atom is -0.237 e. The van der Waals surface area contributed by atoms with Gasteiger partial charge in [-0.25, -0.2) is 9.50 Å². The van der Waals surface area contributed by atoms with Gasteiger partial charge in [-0.1, -0.05) is 0 Å². The number of fused-ring (bicyclic) bond motifs is 1. The summed E-state index contributed by atoms with van der Waals surface area (Å²) in [5.41, 5.74) is 0.887. The molecule has 0 aliphatic heterocycles. The first-order chi connectivity index (χ1) is 5.47. The molecule has 11 heavy (non-hydrogen) atoms. The summed E-state index contributed by atoms with van der Waals surface area (Å²) in [7, 11) is 0. The summed E-state index contributed by atoms with van der Waals surface area (Å²) in [5, 5.41) is 3.97.